The van der Waals surface area contributed by atoms with Crippen LogP contribution in [0, 0.1) is 11.3 Å². The number of fused-ring (bicyclic) bond motifs is 1. The van der Waals surface area contributed by atoms with Crippen LogP contribution < -0.4 is 10.6 Å². The molecular formula is C28H21F3N6O2. The molecule has 1 aromatic heterocycles. The highest BCUT2D eigenvalue weighted by Gasteiger charge is 2.37. The van der Waals surface area contributed by atoms with Crippen molar-refractivity contribution in [3.05, 3.63) is 118 Å². The van der Waals surface area contributed by atoms with Crippen LogP contribution in [-0.4, -0.2) is 20.7 Å². The van der Waals surface area contributed by atoms with Gasteiger partial charge in [0.1, 0.15) is 12.6 Å². The number of aromatic nitrogens is 3. The van der Waals surface area contributed by atoms with Gasteiger partial charge in [0.25, 0.3) is 5.82 Å². The summed E-state index contributed by atoms with van der Waals surface area (Å²) in [5, 5.41) is 13.6. The van der Waals surface area contributed by atoms with Gasteiger partial charge in [0.15, 0.2) is 0 Å². The minimum absolute atomic E-state index is 0.0145. The Balaban J connectivity index is 1.60. The minimum atomic E-state index is -4.57. The van der Waals surface area contributed by atoms with Crippen LogP contribution in [0.1, 0.15) is 45.8 Å². The normalized spacial score (nSPS) is 15.1. The van der Waals surface area contributed by atoms with Gasteiger partial charge >= 0.3 is 12.1 Å². The number of hydrogen-bond acceptors (Lipinski definition) is 7. The summed E-state index contributed by atoms with van der Waals surface area (Å²) in [4.78, 5) is 18.8. The highest BCUT2D eigenvalue weighted by atomic mass is 19.4. The van der Waals surface area contributed by atoms with E-state index < -0.39 is 23.8 Å². The van der Waals surface area contributed by atoms with Crippen LogP contribution in [0.4, 0.5) is 24.8 Å². The molecule has 2 N–H and O–H groups in total. The Kier molecular flexibility index (Phi) is 6.54. The first-order chi connectivity index (χ1) is 18.7. The summed E-state index contributed by atoms with van der Waals surface area (Å²) in [5.74, 6) is -0.999. The summed E-state index contributed by atoms with van der Waals surface area (Å²) < 4.78 is 47.3. The van der Waals surface area contributed by atoms with E-state index in [1.54, 1.807) is 43.3 Å². The molecule has 0 spiro atoms. The molecule has 39 heavy (non-hydrogen) atoms. The first kappa shape index (κ1) is 25.5. The average molecular weight is 531 g/mol. The van der Waals surface area contributed by atoms with E-state index in [4.69, 9.17) is 10.5 Å². The van der Waals surface area contributed by atoms with E-state index in [9.17, 15) is 23.2 Å². The molecule has 4 aromatic rings. The van der Waals surface area contributed by atoms with E-state index in [1.165, 1.54) is 21.7 Å². The molecule has 1 atom stereocenters. The summed E-state index contributed by atoms with van der Waals surface area (Å²) in [6.45, 7) is 1.64. The second-order valence-corrected chi connectivity index (χ2v) is 8.80. The van der Waals surface area contributed by atoms with Crippen molar-refractivity contribution >= 4 is 17.6 Å². The number of nitrogens with zero attached hydrogens (tertiary/aromatic N) is 5. The highest BCUT2D eigenvalue weighted by Crippen LogP contribution is 2.41. The third-order valence-corrected chi connectivity index (χ3v) is 6.29. The van der Waals surface area contributed by atoms with Gasteiger partial charge < -0.3 is 10.5 Å². The molecule has 0 aliphatic carbocycles. The number of allylic oxidation sites excluding steroid dienone is 2. The standard InChI is InChI=1S/C28H21F3N6O2/c1-17-23(33)24(20-12-10-18(15-32)11-13-20)37-27(36(17)22-9-5-8-21(14-22)28(29,30)31)34-25(35-37)26(38)39-16-19-6-3-2-4-7-19/h2-14,24H,16,33H2,1H3. The second kappa shape index (κ2) is 9.98. The molecular weight excluding hydrogens is 509 g/mol. The van der Waals surface area contributed by atoms with Crippen molar-refractivity contribution in [1.82, 2.24) is 14.8 Å². The number of esters is 1. The van der Waals surface area contributed by atoms with Crippen LogP contribution in [-0.2, 0) is 17.5 Å². The quantitative estimate of drug-likeness (QED) is 0.341. The average Bonchev–Trinajstić information content (AvgIpc) is 3.37. The van der Waals surface area contributed by atoms with Gasteiger partial charge in [-0.3, -0.25) is 4.90 Å². The molecule has 196 valence electrons. The van der Waals surface area contributed by atoms with E-state index >= 15 is 0 Å². The molecule has 2 heterocycles. The van der Waals surface area contributed by atoms with E-state index in [0.717, 1.165) is 17.7 Å². The van der Waals surface area contributed by atoms with Crippen LogP contribution in [0.3, 0.4) is 0 Å². The monoisotopic (exact) mass is 530 g/mol. The van der Waals surface area contributed by atoms with Gasteiger partial charge in [-0.2, -0.15) is 23.4 Å². The molecule has 8 nitrogen and oxygen atoms in total. The van der Waals surface area contributed by atoms with Gasteiger partial charge in [-0.25, -0.2) is 9.48 Å². The maximum absolute atomic E-state index is 13.5. The van der Waals surface area contributed by atoms with Gasteiger partial charge in [0.2, 0.25) is 5.95 Å². The topological polar surface area (TPSA) is 110 Å². The zero-order chi connectivity index (χ0) is 27.7. The maximum atomic E-state index is 13.5. The first-order valence-corrected chi connectivity index (χ1v) is 11.8. The number of halogens is 3. The summed E-state index contributed by atoms with van der Waals surface area (Å²) in [6.07, 6.45) is -4.57. The summed E-state index contributed by atoms with van der Waals surface area (Å²) in [6, 6.07) is 21.7. The number of anilines is 2. The molecule has 0 saturated heterocycles. The number of carbonyl (C=O) groups excluding carboxylic acids is 1. The number of hydrogen-bond donors (Lipinski definition) is 1. The summed E-state index contributed by atoms with van der Waals surface area (Å²) in [5.41, 5.74) is 8.37. The predicted octanol–water partition coefficient (Wildman–Crippen LogP) is 5.46. The van der Waals surface area contributed by atoms with Gasteiger partial charge in [-0.05, 0) is 48.4 Å². The largest absolute Gasteiger partial charge is 0.455 e. The van der Waals surface area contributed by atoms with E-state index in [0.29, 0.717) is 16.8 Å². The Hall–Kier alpha value is -5.11. The van der Waals surface area contributed by atoms with E-state index in [2.05, 4.69) is 10.1 Å². The van der Waals surface area contributed by atoms with E-state index in [1.807, 2.05) is 24.3 Å². The number of alkyl halides is 3. The first-order valence-electron chi connectivity index (χ1n) is 11.8. The van der Waals surface area contributed by atoms with Gasteiger partial charge in [-0.15, -0.1) is 5.10 Å². The lowest BCUT2D eigenvalue weighted by atomic mass is 9.99. The number of benzene rings is 3. The van der Waals surface area contributed by atoms with E-state index in [-0.39, 0.29) is 29.8 Å². The zero-order valence-electron chi connectivity index (χ0n) is 20.6. The lowest BCUT2D eigenvalue weighted by molar-refractivity contribution is -0.137. The van der Waals surface area contributed by atoms with Crippen LogP contribution in [0.15, 0.2) is 90.3 Å². The minimum Gasteiger partial charge on any atom is -0.455 e. The molecule has 1 aliphatic rings. The van der Waals surface area contributed by atoms with Crippen LogP contribution in [0.25, 0.3) is 0 Å². The number of ether oxygens (including phenoxy) is 1. The van der Waals surface area contributed by atoms with Gasteiger partial charge in [0, 0.05) is 11.4 Å². The van der Waals surface area contributed by atoms with Crippen LogP contribution >= 0.6 is 0 Å². The number of rotatable bonds is 5. The van der Waals surface area contributed by atoms with Crippen LogP contribution in [0.2, 0.25) is 0 Å². The Labute approximate surface area is 221 Å². The molecule has 0 amide bonds. The second-order valence-electron chi connectivity index (χ2n) is 8.80. The molecule has 1 aliphatic heterocycles. The molecule has 0 radical (unpaired) electrons. The fourth-order valence-corrected chi connectivity index (χ4v) is 4.31. The fourth-order valence-electron chi connectivity index (χ4n) is 4.31. The SMILES string of the molecule is CC1=C(N)C(c2ccc(C#N)cc2)n2nc(C(=O)OCc3ccccc3)nc2N1c1cccc(C(F)(F)F)c1. The van der Waals surface area contributed by atoms with Crippen molar-refractivity contribution in [2.75, 3.05) is 4.90 Å². The summed E-state index contributed by atoms with van der Waals surface area (Å²) in [7, 11) is 0. The van der Waals surface area contributed by atoms with Gasteiger partial charge in [-0.1, -0.05) is 48.5 Å². The van der Waals surface area contributed by atoms with Gasteiger partial charge in [0.05, 0.1) is 22.9 Å². The molecule has 0 fully saturated rings. The number of carbonyl (C=O) groups is 1. The predicted molar refractivity (Wildman–Crippen MR) is 135 cm³/mol. The number of nitrogens with two attached hydrogens (primary N) is 1. The maximum Gasteiger partial charge on any atom is 0.416 e. The van der Waals surface area contributed by atoms with Crippen LogP contribution in [0.5, 0.6) is 0 Å². The molecule has 3 aromatic carbocycles. The Morgan fingerprint density at radius 3 is 2.46 bits per heavy atom. The molecule has 1 unspecified atom stereocenters. The smallest absolute Gasteiger partial charge is 0.416 e. The third kappa shape index (κ3) is 4.92. The molecule has 11 heteroatoms. The van der Waals surface area contributed by atoms with Crippen molar-refractivity contribution in [3.8, 4) is 6.07 Å². The van der Waals surface area contributed by atoms with Crippen molar-refractivity contribution in [3.63, 3.8) is 0 Å². The summed E-state index contributed by atoms with van der Waals surface area (Å²) >= 11 is 0. The Morgan fingerprint density at radius 1 is 1.08 bits per heavy atom. The van der Waals surface area contributed by atoms with Crippen molar-refractivity contribution in [2.24, 2.45) is 5.73 Å². The lowest BCUT2D eigenvalue weighted by Gasteiger charge is -2.35. The van der Waals surface area contributed by atoms with Crippen molar-refractivity contribution in [1.29, 1.82) is 5.26 Å². The lowest BCUT2D eigenvalue weighted by Crippen LogP contribution is -2.34. The Morgan fingerprint density at radius 2 is 1.79 bits per heavy atom. The zero-order valence-corrected chi connectivity index (χ0v) is 20.6. The van der Waals surface area contributed by atoms with Crippen molar-refractivity contribution < 1.29 is 22.7 Å². The van der Waals surface area contributed by atoms with Crippen molar-refractivity contribution in [2.45, 2.75) is 25.7 Å². The number of nitriles is 1. The molecule has 0 bridgehead atoms. The molecule has 0 saturated carbocycles. The molecule has 5 rings (SSSR count). The third-order valence-electron chi connectivity index (χ3n) is 6.29. The Bertz CT molecular complexity index is 1610. The fraction of sp³-hybridized carbons (Fsp3) is 0.143. The highest BCUT2D eigenvalue weighted by molar-refractivity contribution is 5.86.